The topological polar surface area (TPSA) is 105 Å². The molecule has 0 aromatic heterocycles. The van der Waals surface area contributed by atoms with E-state index < -0.39 is 20.0 Å². The Morgan fingerprint density at radius 3 is 1.98 bits per heavy atom. The number of phosphoric ester groups is 1. The third kappa shape index (κ3) is 29.2. The van der Waals surface area contributed by atoms with Crippen LogP contribution in [0.1, 0.15) is 123 Å². The van der Waals surface area contributed by atoms with Crippen LogP contribution in [0.15, 0.2) is 36.5 Å². The zero-order valence-electron chi connectivity index (χ0n) is 28.2. The van der Waals surface area contributed by atoms with Crippen LogP contribution in [0.5, 0.6) is 0 Å². The van der Waals surface area contributed by atoms with Gasteiger partial charge in [0.15, 0.2) is 0 Å². The third-order valence-corrected chi connectivity index (χ3v) is 8.09. The predicted octanol–water partition coefficient (Wildman–Crippen LogP) is 8.01. The molecule has 0 aromatic rings. The molecule has 0 saturated heterocycles. The van der Waals surface area contributed by atoms with Gasteiger partial charge in [0, 0.05) is 6.42 Å². The van der Waals surface area contributed by atoms with Crippen molar-refractivity contribution in [2.45, 2.75) is 135 Å². The van der Waals surface area contributed by atoms with Gasteiger partial charge in [-0.3, -0.25) is 13.8 Å². The van der Waals surface area contributed by atoms with Crippen LogP contribution in [0.4, 0.5) is 0 Å². The zero-order valence-corrected chi connectivity index (χ0v) is 29.1. The maximum atomic E-state index is 12.7. The SMILES string of the molecule is CCCC/C=C\C/C=C\CCCCCCCC(=O)NC(COP(=O)(O)OCC[N+](C)(C)C)C(O)/C=C/CCCCCCC. The van der Waals surface area contributed by atoms with E-state index in [1.807, 2.05) is 27.2 Å². The molecule has 8 nitrogen and oxygen atoms in total. The average Bonchev–Trinajstić information content (AvgIpc) is 2.94. The van der Waals surface area contributed by atoms with E-state index in [0.29, 0.717) is 17.4 Å². The fourth-order valence-electron chi connectivity index (χ4n) is 4.29. The molecule has 0 bridgehead atoms. The number of rotatable bonds is 29. The summed E-state index contributed by atoms with van der Waals surface area (Å²) >= 11 is 0. The van der Waals surface area contributed by atoms with E-state index in [-0.39, 0.29) is 19.1 Å². The van der Waals surface area contributed by atoms with Gasteiger partial charge in [0.05, 0.1) is 39.9 Å². The Hall–Kier alpha value is -1.28. The van der Waals surface area contributed by atoms with Gasteiger partial charge in [-0.2, -0.15) is 0 Å². The molecule has 3 unspecified atom stereocenters. The van der Waals surface area contributed by atoms with Crippen LogP contribution in [0.3, 0.4) is 0 Å². The Labute approximate surface area is 264 Å². The molecule has 0 aromatic carbocycles. The molecule has 0 fully saturated rings. The maximum Gasteiger partial charge on any atom is 0.472 e. The van der Waals surface area contributed by atoms with Crippen molar-refractivity contribution in [2.75, 3.05) is 40.9 Å². The fourth-order valence-corrected chi connectivity index (χ4v) is 5.02. The van der Waals surface area contributed by atoms with Crippen molar-refractivity contribution >= 4 is 13.7 Å². The molecule has 0 aliphatic carbocycles. The van der Waals surface area contributed by atoms with Crippen LogP contribution < -0.4 is 5.32 Å². The lowest BCUT2D eigenvalue weighted by atomic mass is 10.1. The lowest BCUT2D eigenvalue weighted by Crippen LogP contribution is -2.45. The Kier molecular flexibility index (Phi) is 26.3. The van der Waals surface area contributed by atoms with E-state index >= 15 is 0 Å². The van der Waals surface area contributed by atoms with Crippen LogP contribution in [0.25, 0.3) is 0 Å². The van der Waals surface area contributed by atoms with E-state index in [9.17, 15) is 19.4 Å². The Morgan fingerprint density at radius 2 is 1.35 bits per heavy atom. The summed E-state index contributed by atoms with van der Waals surface area (Å²) in [6.45, 7) is 4.66. The number of nitrogens with zero attached hydrogens (tertiary/aromatic N) is 1. The van der Waals surface area contributed by atoms with Crippen molar-refractivity contribution in [1.29, 1.82) is 0 Å². The number of nitrogens with one attached hydrogen (secondary N) is 1. The molecular formula is C34H66N2O6P+. The normalized spacial score (nSPS) is 15.4. The first-order valence-electron chi connectivity index (χ1n) is 16.9. The van der Waals surface area contributed by atoms with E-state index in [1.165, 1.54) is 38.5 Å². The van der Waals surface area contributed by atoms with E-state index in [1.54, 1.807) is 6.08 Å². The predicted molar refractivity (Wildman–Crippen MR) is 180 cm³/mol. The Bertz CT molecular complexity index is 809. The van der Waals surface area contributed by atoms with Crippen molar-refractivity contribution in [3.8, 4) is 0 Å². The number of aliphatic hydroxyl groups excluding tert-OH is 1. The molecule has 43 heavy (non-hydrogen) atoms. The summed E-state index contributed by atoms with van der Waals surface area (Å²) < 4.78 is 23.3. The highest BCUT2D eigenvalue weighted by Gasteiger charge is 2.27. The molecule has 252 valence electrons. The van der Waals surface area contributed by atoms with Crippen LogP contribution in [0, 0.1) is 0 Å². The maximum absolute atomic E-state index is 12.7. The number of unbranched alkanes of at least 4 members (excludes halogenated alkanes) is 12. The summed E-state index contributed by atoms with van der Waals surface area (Å²) in [5.41, 5.74) is 0. The molecule has 0 aliphatic rings. The van der Waals surface area contributed by atoms with E-state index in [2.05, 4.69) is 43.5 Å². The first kappa shape index (κ1) is 41.7. The molecule has 1 amide bonds. The smallest absolute Gasteiger partial charge is 0.387 e. The highest BCUT2D eigenvalue weighted by Crippen LogP contribution is 2.43. The van der Waals surface area contributed by atoms with Gasteiger partial charge in [-0.15, -0.1) is 0 Å². The monoisotopic (exact) mass is 629 g/mol. The molecule has 0 heterocycles. The molecule has 3 N–H and O–H groups in total. The number of quaternary nitrogens is 1. The lowest BCUT2D eigenvalue weighted by molar-refractivity contribution is -0.870. The second kappa shape index (κ2) is 27.1. The highest BCUT2D eigenvalue weighted by atomic mass is 31.2. The number of hydrogen-bond donors (Lipinski definition) is 3. The van der Waals surface area contributed by atoms with Gasteiger partial charge in [0.1, 0.15) is 13.2 Å². The summed E-state index contributed by atoms with van der Waals surface area (Å²) in [5.74, 6) is -0.200. The van der Waals surface area contributed by atoms with Gasteiger partial charge < -0.3 is 19.8 Å². The number of carbonyl (C=O) groups is 1. The summed E-state index contributed by atoms with van der Waals surface area (Å²) in [7, 11) is 1.55. The summed E-state index contributed by atoms with van der Waals surface area (Å²) in [4.78, 5) is 22.8. The molecule has 0 aliphatic heterocycles. The van der Waals surface area contributed by atoms with Gasteiger partial charge in [-0.05, 0) is 44.9 Å². The summed E-state index contributed by atoms with van der Waals surface area (Å²) in [5, 5.41) is 13.6. The molecule has 0 rings (SSSR count). The third-order valence-electron chi connectivity index (χ3n) is 7.10. The number of likely N-dealkylation sites (N-methyl/N-ethyl adjacent to an activating group) is 1. The molecule has 3 atom stereocenters. The van der Waals surface area contributed by atoms with Crippen LogP contribution >= 0.6 is 7.82 Å². The first-order chi connectivity index (χ1) is 20.5. The van der Waals surface area contributed by atoms with Gasteiger partial charge >= 0.3 is 7.82 Å². The van der Waals surface area contributed by atoms with Crippen LogP contribution in [-0.4, -0.2) is 73.4 Å². The minimum absolute atomic E-state index is 0.0571. The van der Waals surface area contributed by atoms with E-state index in [0.717, 1.165) is 64.2 Å². The van der Waals surface area contributed by atoms with Gasteiger partial charge in [0.2, 0.25) is 5.91 Å². The summed E-state index contributed by atoms with van der Waals surface area (Å²) in [6.07, 6.45) is 29.3. The number of hydrogen-bond acceptors (Lipinski definition) is 5. The van der Waals surface area contributed by atoms with Crippen LogP contribution in [0.2, 0.25) is 0 Å². The Balaban J connectivity index is 4.55. The Morgan fingerprint density at radius 1 is 0.791 bits per heavy atom. The number of carbonyl (C=O) groups excluding carboxylic acids is 1. The second-order valence-electron chi connectivity index (χ2n) is 12.5. The van der Waals surface area contributed by atoms with Gasteiger partial charge in [-0.25, -0.2) is 4.57 Å². The lowest BCUT2D eigenvalue weighted by Gasteiger charge is -2.25. The summed E-state index contributed by atoms with van der Waals surface area (Å²) in [6, 6.07) is -0.848. The van der Waals surface area contributed by atoms with Gasteiger partial charge in [0.25, 0.3) is 0 Å². The fraction of sp³-hybridized carbons (Fsp3) is 0.794. The van der Waals surface area contributed by atoms with Crippen molar-refractivity contribution in [2.24, 2.45) is 0 Å². The molecular weight excluding hydrogens is 563 g/mol. The minimum Gasteiger partial charge on any atom is -0.387 e. The van der Waals surface area contributed by atoms with Crippen molar-refractivity contribution in [1.82, 2.24) is 5.32 Å². The van der Waals surface area contributed by atoms with E-state index in [4.69, 9.17) is 9.05 Å². The highest BCUT2D eigenvalue weighted by molar-refractivity contribution is 7.47. The second-order valence-corrected chi connectivity index (χ2v) is 14.0. The largest absolute Gasteiger partial charge is 0.472 e. The molecule has 0 spiro atoms. The zero-order chi connectivity index (χ0) is 32.2. The van der Waals surface area contributed by atoms with Crippen molar-refractivity contribution in [3.05, 3.63) is 36.5 Å². The van der Waals surface area contributed by atoms with Crippen molar-refractivity contribution < 1.29 is 32.9 Å². The minimum atomic E-state index is -4.32. The van der Waals surface area contributed by atoms with Crippen LogP contribution in [-0.2, 0) is 18.4 Å². The van der Waals surface area contributed by atoms with Gasteiger partial charge in [-0.1, -0.05) is 108 Å². The molecule has 0 saturated carbocycles. The number of amides is 1. The quantitative estimate of drug-likeness (QED) is 0.0335. The molecule has 9 heteroatoms. The average molecular weight is 630 g/mol. The first-order valence-corrected chi connectivity index (χ1v) is 18.4. The number of aliphatic hydroxyl groups is 1. The standard InChI is InChI=1S/C34H65N2O6P/c1-6-8-10-12-14-15-16-17-18-19-20-22-24-26-28-34(38)35-32(33(37)27-25-23-21-13-11-9-7-2)31-42-43(39,40)41-30-29-36(3,4)5/h12,14,16-17,25,27,32-33,37H,6-11,13,15,18-24,26,28-31H2,1-5H3,(H-,35,38,39,40)/p+1/b14-12-,17-16-,27-25+. The molecule has 0 radical (unpaired) electrons. The van der Waals surface area contributed by atoms with Crippen molar-refractivity contribution in [3.63, 3.8) is 0 Å². The number of phosphoric acid groups is 1. The number of allylic oxidation sites excluding steroid dienone is 5.